The number of carbonyl (C=O) groups is 1. The number of aromatic nitrogens is 2. The van der Waals surface area contributed by atoms with Crippen molar-refractivity contribution in [3.63, 3.8) is 0 Å². The average Bonchev–Trinajstić information content (AvgIpc) is 2.67. The fraction of sp³-hybridized carbons (Fsp3) is 0.364. The van der Waals surface area contributed by atoms with Gasteiger partial charge in [0.25, 0.3) is 0 Å². The van der Waals surface area contributed by atoms with Crippen LogP contribution in [0.4, 0.5) is 8.78 Å². The second kappa shape index (κ2) is 3.93. The first-order valence-corrected chi connectivity index (χ1v) is 6.48. The van der Waals surface area contributed by atoms with E-state index in [-0.39, 0.29) is 23.9 Å². The van der Waals surface area contributed by atoms with E-state index < -0.39 is 11.8 Å². The Hall–Kier alpha value is -1.14. The molecule has 1 fully saturated rings. The molecule has 0 saturated heterocycles. The zero-order valence-electron chi connectivity index (χ0n) is 8.99. The topological polar surface area (TPSA) is 42.9 Å². The summed E-state index contributed by atoms with van der Waals surface area (Å²) < 4.78 is 25.5. The second-order valence-electron chi connectivity index (χ2n) is 4.34. The van der Waals surface area contributed by atoms with Crippen molar-refractivity contribution >= 4 is 38.9 Å². The van der Waals surface area contributed by atoms with Gasteiger partial charge in [0.15, 0.2) is 5.78 Å². The van der Waals surface area contributed by atoms with Crippen molar-refractivity contribution in [3.05, 3.63) is 22.4 Å². The van der Waals surface area contributed by atoms with Gasteiger partial charge in [-0.05, 0) is 17.7 Å². The lowest BCUT2D eigenvalue weighted by molar-refractivity contribution is -0.0981. The van der Waals surface area contributed by atoms with Crippen LogP contribution in [0.15, 0.2) is 12.3 Å². The molecule has 1 saturated carbocycles. The number of halogens is 3. The lowest BCUT2D eigenvalue weighted by Crippen LogP contribution is -2.39. The average molecular weight is 289 g/mol. The zero-order chi connectivity index (χ0) is 12.9. The van der Waals surface area contributed by atoms with Crippen LogP contribution < -0.4 is 0 Å². The molecule has 2 aromatic heterocycles. The predicted molar refractivity (Wildman–Crippen MR) is 64.4 cm³/mol. The van der Waals surface area contributed by atoms with Crippen LogP contribution in [-0.4, -0.2) is 21.7 Å². The third-order valence-electron chi connectivity index (χ3n) is 2.95. The number of nitrogens with zero attached hydrogens (tertiary/aromatic N) is 2. The molecule has 0 atom stereocenters. The van der Waals surface area contributed by atoms with Gasteiger partial charge in [-0.3, -0.25) is 4.79 Å². The number of rotatable bonds is 2. The Morgan fingerprint density at radius 3 is 2.89 bits per heavy atom. The fourth-order valence-electron chi connectivity index (χ4n) is 1.98. The summed E-state index contributed by atoms with van der Waals surface area (Å²) >= 11 is 6.81. The summed E-state index contributed by atoms with van der Waals surface area (Å²) in [6.07, 6.45) is 0.812. The molecule has 1 aliphatic carbocycles. The van der Waals surface area contributed by atoms with Gasteiger partial charge in [-0.1, -0.05) is 0 Å². The summed E-state index contributed by atoms with van der Waals surface area (Å²) in [6, 6.07) is 1.63. The minimum atomic E-state index is -2.68. The van der Waals surface area contributed by atoms with E-state index in [4.69, 9.17) is 11.6 Å². The smallest absolute Gasteiger partial charge is 0.249 e. The molecule has 3 nitrogen and oxygen atoms in total. The molecule has 0 unspecified atom stereocenters. The molecule has 0 amide bonds. The van der Waals surface area contributed by atoms with Crippen molar-refractivity contribution in [2.75, 3.05) is 0 Å². The quantitative estimate of drug-likeness (QED) is 0.627. The van der Waals surface area contributed by atoms with Gasteiger partial charge in [-0.15, -0.1) is 11.3 Å². The predicted octanol–water partition coefficient (Wildman–Crippen LogP) is 3.57. The maximum Gasteiger partial charge on any atom is 0.249 e. The molecule has 0 spiro atoms. The molecule has 0 aliphatic heterocycles. The van der Waals surface area contributed by atoms with Crippen molar-refractivity contribution in [2.45, 2.75) is 18.8 Å². The lowest BCUT2D eigenvalue weighted by atomic mass is 9.78. The van der Waals surface area contributed by atoms with Crippen LogP contribution in [0.1, 0.15) is 22.5 Å². The first-order chi connectivity index (χ1) is 8.44. The molecule has 3 rings (SSSR count). The number of alkyl halides is 2. The van der Waals surface area contributed by atoms with Crippen molar-refractivity contribution in [2.24, 2.45) is 5.92 Å². The number of hydrogen-bond donors (Lipinski definition) is 0. The Morgan fingerprint density at radius 2 is 2.22 bits per heavy atom. The number of hydrogen-bond acceptors (Lipinski definition) is 4. The van der Waals surface area contributed by atoms with Crippen LogP contribution in [0.5, 0.6) is 0 Å². The highest BCUT2D eigenvalue weighted by Crippen LogP contribution is 2.44. The van der Waals surface area contributed by atoms with Crippen molar-refractivity contribution in [1.29, 1.82) is 0 Å². The summed E-state index contributed by atoms with van der Waals surface area (Å²) in [6.45, 7) is 0. The Kier molecular flexibility index (Phi) is 2.60. The lowest BCUT2D eigenvalue weighted by Gasteiger charge is -2.33. The van der Waals surface area contributed by atoms with Gasteiger partial charge in [0.1, 0.15) is 4.83 Å². The highest BCUT2D eigenvalue weighted by atomic mass is 35.5. The van der Waals surface area contributed by atoms with Crippen LogP contribution in [0.3, 0.4) is 0 Å². The number of ketones is 1. The van der Waals surface area contributed by atoms with E-state index in [1.165, 1.54) is 17.5 Å². The van der Waals surface area contributed by atoms with E-state index in [2.05, 4.69) is 9.97 Å². The zero-order valence-corrected chi connectivity index (χ0v) is 10.6. The minimum Gasteiger partial charge on any atom is -0.293 e. The molecule has 2 aromatic rings. The third-order valence-corrected chi connectivity index (χ3v) is 4.19. The van der Waals surface area contributed by atoms with Crippen LogP contribution in [0.25, 0.3) is 10.2 Å². The second-order valence-corrected chi connectivity index (χ2v) is 5.70. The summed E-state index contributed by atoms with van der Waals surface area (Å²) in [5, 5.41) is 0.817. The van der Waals surface area contributed by atoms with Gasteiger partial charge < -0.3 is 0 Å². The molecular formula is C11H7ClF2N2OS. The summed E-state index contributed by atoms with van der Waals surface area (Å²) in [5.41, 5.74) is 0. The largest absolute Gasteiger partial charge is 0.293 e. The molecule has 0 bridgehead atoms. The van der Waals surface area contributed by atoms with E-state index in [1.807, 2.05) is 0 Å². The first kappa shape index (κ1) is 11.9. The van der Waals surface area contributed by atoms with Gasteiger partial charge in [-0.25, -0.2) is 18.7 Å². The number of fused-ring (bicyclic) bond motifs is 1. The van der Waals surface area contributed by atoms with E-state index in [0.29, 0.717) is 15.1 Å². The van der Waals surface area contributed by atoms with E-state index >= 15 is 0 Å². The normalized spacial score (nSPS) is 18.8. The molecule has 18 heavy (non-hydrogen) atoms. The Labute approximate surface area is 110 Å². The summed E-state index contributed by atoms with van der Waals surface area (Å²) in [4.78, 5) is 20.8. The first-order valence-electron chi connectivity index (χ1n) is 5.29. The molecule has 2 heterocycles. The highest BCUT2D eigenvalue weighted by Gasteiger charge is 2.48. The number of Topliss-reactive ketones (excluding diaryl/α,β-unsaturated/α-hetero) is 1. The Balaban J connectivity index is 1.88. The van der Waals surface area contributed by atoms with Crippen molar-refractivity contribution in [3.8, 4) is 0 Å². The third kappa shape index (κ3) is 1.99. The van der Waals surface area contributed by atoms with Gasteiger partial charge in [0.2, 0.25) is 11.2 Å². The van der Waals surface area contributed by atoms with E-state index in [0.717, 1.165) is 0 Å². The fourth-order valence-corrected chi connectivity index (χ4v) is 3.19. The molecule has 0 radical (unpaired) electrons. The monoisotopic (exact) mass is 288 g/mol. The van der Waals surface area contributed by atoms with Crippen LogP contribution >= 0.6 is 22.9 Å². The molecule has 0 N–H and O–H groups in total. The summed E-state index contributed by atoms with van der Waals surface area (Å²) in [5.74, 6) is -3.49. The van der Waals surface area contributed by atoms with Gasteiger partial charge in [0, 0.05) is 30.3 Å². The minimum absolute atomic E-state index is 0.110. The Bertz CT molecular complexity index is 635. The van der Waals surface area contributed by atoms with Gasteiger partial charge in [-0.2, -0.15) is 0 Å². The van der Waals surface area contributed by atoms with Crippen LogP contribution in [-0.2, 0) is 0 Å². The van der Waals surface area contributed by atoms with Crippen LogP contribution in [0.2, 0.25) is 5.28 Å². The van der Waals surface area contributed by atoms with Gasteiger partial charge >= 0.3 is 0 Å². The molecule has 1 aliphatic rings. The van der Waals surface area contributed by atoms with E-state index in [9.17, 15) is 13.6 Å². The molecule has 0 aromatic carbocycles. The molecule has 94 valence electrons. The van der Waals surface area contributed by atoms with E-state index in [1.54, 1.807) is 6.07 Å². The maximum atomic E-state index is 12.7. The Morgan fingerprint density at radius 1 is 1.50 bits per heavy atom. The van der Waals surface area contributed by atoms with Crippen LogP contribution in [0, 0.1) is 5.92 Å². The highest BCUT2D eigenvalue weighted by molar-refractivity contribution is 7.20. The number of thiophene rings is 1. The molecule has 7 heteroatoms. The standard InChI is InChI=1S/C11H7ClF2N2OS/c12-10-15-4-5-1-7(18-9(5)16-10)8(17)6-2-11(13,14)3-6/h1,4,6H,2-3H2. The van der Waals surface area contributed by atoms with Gasteiger partial charge in [0.05, 0.1) is 4.88 Å². The molecular weight excluding hydrogens is 282 g/mol. The van der Waals surface area contributed by atoms with Crippen molar-refractivity contribution in [1.82, 2.24) is 9.97 Å². The number of carbonyl (C=O) groups excluding carboxylic acids is 1. The van der Waals surface area contributed by atoms with Crippen molar-refractivity contribution < 1.29 is 13.6 Å². The summed E-state index contributed by atoms with van der Waals surface area (Å²) in [7, 11) is 0. The SMILES string of the molecule is O=C(c1cc2cnc(Cl)nc2s1)C1CC(F)(F)C1. The maximum absolute atomic E-state index is 12.7.